The molecule has 164 valence electrons. The molecule has 0 saturated heterocycles. The number of halogens is 1. The van der Waals surface area contributed by atoms with E-state index in [0.29, 0.717) is 15.6 Å². The van der Waals surface area contributed by atoms with Crippen LogP contribution >= 0.6 is 23.4 Å². The predicted octanol–water partition coefficient (Wildman–Crippen LogP) is 3.53. The third-order valence-corrected chi connectivity index (χ3v) is 6.15. The fourth-order valence-electron chi connectivity index (χ4n) is 3.11. The maximum Gasteiger partial charge on any atom is 0.312 e. The number of amides is 2. The number of hydrogen-bond acceptors (Lipinski definition) is 7. The first-order valence-corrected chi connectivity index (χ1v) is 10.6. The van der Waals surface area contributed by atoms with Gasteiger partial charge in [-0.05, 0) is 29.8 Å². The number of nitrogens with one attached hydrogen (secondary N) is 1. The van der Waals surface area contributed by atoms with Crippen LogP contribution in [0.3, 0.4) is 0 Å². The van der Waals surface area contributed by atoms with E-state index >= 15 is 0 Å². The number of nitrogens with zero attached hydrogens (tertiary/aromatic N) is 2. The molecular formula is C22H19ClN4O4S. The second-order valence-electron chi connectivity index (χ2n) is 6.82. The molecule has 1 heterocycles. The number of anilines is 1. The summed E-state index contributed by atoms with van der Waals surface area (Å²) in [7, 11) is 1.76. The van der Waals surface area contributed by atoms with E-state index < -0.39 is 30.4 Å². The molecule has 0 bridgehead atoms. The van der Waals surface area contributed by atoms with Crippen LogP contribution in [0.1, 0.15) is 18.0 Å². The molecule has 3 rings (SSSR count). The number of para-hydroxylation sites is 1. The van der Waals surface area contributed by atoms with Gasteiger partial charge >= 0.3 is 12.0 Å². The van der Waals surface area contributed by atoms with E-state index in [9.17, 15) is 19.6 Å². The number of carbonyl (C=O) groups is 3. The summed E-state index contributed by atoms with van der Waals surface area (Å²) in [6.45, 7) is -0.597. The van der Waals surface area contributed by atoms with Gasteiger partial charge in [-0.1, -0.05) is 47.6 Å². The van der Waals surface area contributed by atoms with E-state index in [0.717, 1.165) is 10.6 Å². The van der Waals surface area contributed by atoms with E-state index in [-0.39, 0.29) is 12.0 Å². The lowest BCUT2D eigenvalue weighted by Crippen LogP contribution is -2.34. The zero-order chi connectivity index (χ0) is 23.3. The number of benzene rings is 2. The highest BCUT2D eigenvalue weighted by Gasteiger charge is 2.28. The molecule has 0 saturated carbocycles. The normalized spacial score (nSPS) is 14.7. The average molecular weight is 471 g/mol. The van der Waals surface area contributed by atoms with Crippen molar-refractivity contribution in [2.75, 3.05) is 18.6 Å². The van der Waals surface area contributed by atoms with Crippen LogP contribution in [0.2, 0.25) is 5.02 Å². The van der Waals surface area contributed by atoms with Crippen molar-refractivity contribution >= 4 is 46.8 Å². The number of primary amides is 1. The predicted molar refractivity (Wildman–Crippen MR) is 121 cm³/mol. The summed E-state index contributed by atoms with van der Waals surface area (Å²) in [6.07, 6.45) is -0.254. The molecule has 1 aliphatic heterocycles. The number of fused-ring (bicyclic) bond motifs is 1. The zero-order valence-electron chi connectivity index (χ0n) is 17.0. The number of rotatable bonds is 7. The summed E-state index contributed by atoms with van der Waals surface area (Å²) in [6, 6.07) is 14.4. The Morgan fingerprint density at radius 2 is 1.91 bits per heavy atom. The maximum atomic E-state index is 12.6. The molecule has 2 aromatic rings. The van der Waals surface area contributed by atoms with Crippen LogP contribution in [0.4, 0.5) is 10.5 Å². The van der Waals surface area contributed by atoms with E-state index in [1.165, 1.54) is 11.8 Å². The second-order valence-corrected chi connectivity index (χ2v) is 8.29. The molecular weight excluding hydrogens is 452 g/mol. The third kappa shape index (κ3) is 5.41. The lowest BCUT2D eigenvalue weighted by molar-refractivity contribution is -0.147. The molecule has 3 N–H and O–H groups in total. The van der Waals surface area contributed by atoms with Gasteiger partial charge in [-0.15, -0.1) is 0 Å². The number of urea groups is 1. The Bertz CT molecular complexity index is 1130. The fourth-order valence-corrected chi connectivity index (χ4v) is 4.40. The van der Waals surface area contributed by atoms with Gasteiger partial charge in [-0.2, -0.15) is 5.26 Å². The summed E-state index contributed by atoms with van der Waals surface area (Å²) in [4.78, 5) is 39.0. The smallest absolute Gasteiger partial charge is 0.312 e. The molecule has 8 nitrogen and oxygen atoms in total. The van der Waals surface area contributed by atoms with Gasteiger partial charge in [0.1, 0.15) is 16.7 Å². The Labute approximate surface area is 194 Å². The molecule has 2 aromatic carbocycles. The number of Topliss-reactive ketones (excluding diaryl/α,β-unsaturated/α-hetero) is 1. The molecule has 0 spiro atoms. The van der Waals surface area contributed by atoms with Gasteiger partial charge in [0, 0.05) is 17.0 Å². The topological polar surface area (TPSA) is 126 Å². The summed E-state index contributed by atoms with van der Waals surface area (Å²) in [5, 5.41) is 13.0. The largest absolute Gasteiger partial charge is 0.457 e. The summed E-state index contributed by atoms with van der Waals surface area (Å²) >= 11 is 7.18. The Balaban J connectivity index is 1.66. The second kappa shape index (κ2) is 10.2. The quantitative estimate of drug-likeness (QED) is 0.360. The minimum Gasteiger partial charge on any atom is -0.457 e. The van der Waals surface area contributed by atoms with Crippen molar-refractivity contribution in [3.8, 4) is 6.07 Å². The fraction of sp³-hybridized carbons (Fsp3) is 0.182. The number of esters is 1. The van der Waals surface area contributed by atoms with Crippen LogP contribution in [0, 0.1) is 11.3 Å². The van der Waals surface area contributed by atoms with E-state index in [4.69, 9.17) is 22.1 Å². The van der Waals surface area contributed by atoms with Gasteiger partial charge in [0.2, 0.25) is 5.78 Å². The van der Waals surface area contributed by atoms with Gasteiger partial charge in [0.25, 0.3) is 0 Å². The first-order valence-electron chi connectivity index (χ1n) is 9.45. The maximum absolute atomic E-state index is 12.6. The van der Waals surface area contributed by atoms with Crippen molar-refractivity contribution in [1.82, 2.24) is 5.32 Å². The van der Waals surface area contributed by atoms with Crippen molar-refractivity contribution in [3.05, 3.63) is 69.7 Å². The minimum absolute atomic E-state index is 0.0917. The van der Waals surface area contributed by atoms with Crippen molar-refractivity contribution in [3.63, 3.8) is 0 Å². The number of carbonyl (C=O) groups excluding carboxylic acids is 3. The molecule has 0 fully saturated rings. The Morgan fingerprint density at radius 3 is 2.53 bits per heavy atom. The number of nitriles is 1. The molecule has 0 unspecified atom stereocenters. The monoisotopic (exact) mass is 470 g/mol. The highest BCUT2D eigenvalue weighted by Crippen LogP contribution is 2.46. The van der Waals surface area contributed by atoms with E-state index in [1.54, 1.807) is 36.2 Å². The molecule has 32 heavy (non-hydrogen) atoms. The number of ether oxygens (including phenoxy) is 1. The van der Waals surface area contributed by atoms with Crippen LogP contribution in [-0.2, 0) is 14.3 Å². The summed E-state index contributed by atoms with van der Waals surface area (Å²) < 4.78 is 5.10. The Hall–Kier alpha value is -3.48. The van der Waals surface area contributed by atoms with Crippen LogP contribution in [0.15, 0.2) is 64.0 Å². The standard InChI is InChI=1S/C22H19ClN4O4S/c1-27-17-4-2-3-5-19(17)32-21(27)15(11-24)18(28)12-31-20(29)10-16(26-22(25)30)13-6-8-14(23)9-7-13/h2-9,16H,10,12H2,1H3,(H3,25,26,30)/b21-15+/t16-/m1/s1. The van der Waals surface area contributed by atoms with Gasteiger partial charge in [-0.3, -0.25) is 9.59 Å². The third-order valence-electron chi connectivity index (χ3n) is 4.67. The first-order chi connectivity index (χ1) is 15.3. The number of ketones is 1. The van der Waals surface area contributed by atoms with Crippen molar-refractivity contribution < 1.29 is 19.1 Å². The SMILES string of the molecule is CN1/C(=C(/C#N)C(=O)COC(=O)C[C@@H](NC(N)=O)c2ccc(Cl)cc2)Sc2ccccc21. The molecule has 2 amide bonds. The molecule has 0 aliphatic carbocycles. The summed E-state index contributed by atoms with van der Waals surface area (Å²) in [5.41, 5.74) is 6.59. The molecule has 0 radical (unpaired) electrons. The average Bonchev–Trinajstić information content (AvgIpc) is 3.09. The Kier molecular flexibility index (Phi) is 7.41. The van der Waals surface area contributed by atoms with Gasteiger partial charge in [-0.25, -0.2) is 4.79 Å². The number of thioether (sulfide) groups is 1. The minimum atomic E-state index is -0.814. The van der Waals surface area contributed by atoms with Gasteiger partial charge in [0.05, 0.1) is 18.2 Å². The molecule has 1 atom stereocenters. The molecule has 10 heteroatoms. The lowest BCUT2D eigenvalue weighted by Gasteiger charge is -2.17. The first kappa shape index (κ1) is 23.2. The zero-order valence-corrected chi connectivity index (χ0v) is 18.6. The molecule has 0 aromatic heterocycles. The van der Waals surface area contributed by atoms with Crippen LogP contribution in [0.5, 0.6) is 0 Å². The van der Waals surface area contributed by atoms with E-state index in [1.807, 2.05) is 30.3 Å². The molecule has 1 aliphatic rings. The lowest BCUT2D eigenvalue weighted by atomic mass is 10.0. The van der Waals surface area contributed by atoms with Crippen molar-refractivity contribution in [2.24, 2.45) is 5.73 Å². The number of hydrogen-bond donors (Lipinski definition) is 2. The highest BCUT2D eigenvalue weighted by molar-refractivity contribution is 8.03. The van der Waals surface area contributed by atoms with E-state index in [2.05, 4.69) is 5.32 Å². The number of nitrogens with two attached hydrogens (primary N) is 1. The van der Waals surface area contributed by atoms with Crippen LogP contribution < -0.4 is 16.0 Å². The van der Waals surface area contributed by atoms with Crippen LogP contribution in [0.25, 0.3) is 0 Å². The van der Waals surface area contributed by atoms with Gasteiger partial charge in [0.15, 0.2) is 6.61 Å². The van der Waals surface area contributed by atoms with Crippen LogP contribution in [-0.4, -0.2) is 31.4 Å². The highest BCUT2D eigenvalue weighted by atomic mass is 35.5. The van der Waals surface area contributed by atoms with Gasteiger partial charge < -0.3 is 20.7 Å². The van der Waals surface area contributed by atoms with Crippen molar-refractivity contribution in [1.29, 1.82) is 5.26 Å². The summed E-state index contributed by atoms with van der Waals surface area (Å²) in [5.74, 6) is -1.35. The Morgan fingerprint density at radius 1 is 1.22 bits per heavy atom. The van der Waals surface area contributed by atoms with Crippen molar-refractivity contribution in [2.45, 2.75) is 17.4 Å².